The van der Waals surface area contributed by atoms with Gasteiger partial charge in [-0.05, 0) is 29.5 Å². The molecule has 0 spiro atoms. The van der Waals surface area contributed by atoms with Crippen LogP contribution in [-0.2, 0) is 9.53 Å². The fourth-order valence-corrected chi connectivity index (χ4v) is 4.78. The average molecular weight is 425 g/mol. The number of morpholine rings is 1. The topological polar surface area (TPSA) is 112 Å². The van der Waals surface area contributed by atoms with Crippen LogP contribution in [0.5, 0.6) is 11.5 Å². The van der Waals surface area contributed by atoms with E-state index in [1.807, 2.05) is 5.01 Å². The highest BCUT2D eigenvalue weighted by Gasteiger charge is 2.46. The first-order chi connectivity index (χ1) is 14.8. The monoisotopic (exact) mass is 424 g/mol. The lowest BCUT2D eigenvalue weighted by Gasteiger charge is -2.48. The van der Waals surface area contributed by atoms with Crippen LogP contribution in [0.15, 0.2) is 40.9 Å². The van der Waals surface area contributed by atoms with Crippen molar-refractivity contribution in [1.29, 1.82) is 5.26 Å². The smallest absolute Gasteiger partial charge is 0.162 e. The Hall–Kier alpha value is -3.02. The number of phenols is 1. The zero-order valence-corrected chi connectivity index (χ0v) is 18.1. The summed E-state index contributed by atoms with van der Waals surface area (Å²) < 4.78 is 10.8. The molecule has 0 saturated carbocycles. The van der Waals surface area contributed by atoms with Crippen molar-refractivity contribution in [3.8, 4) is 17.6 Å². The molecule has 1 aromatic carbocycles. The zero-order valence-electron chi connectivity index (χ0n) is 18.1. The van der Waals surface area contributed by atoms with Crippen molar-refractivity contribution in [1.82, 2.24) is 10.0 Å². The first-order valence-electron chi connectivity index (χ1n) is 10.4. The summed E-state index contributed by atoms with van der Waals surface area (Å²) in [5, 5.41) is 24.1. The molecule has 1 aliphatic carbocycles. The van der Waals surface area contributed by atoms with E-state index in [4.69, 9.17) is 15.2 Å². The largest absolute Gasteiger partial charge is 0.504 e. The van der Waals surface area contributed by atoms with Gasteiger partial charge in [-0.15, -0.1) is 0 Å². The first kappa shape index (κ1) is 21.2. The van der Waals surface area contributed by atoms with Gasteiger partial charge in [0.05, 0.1) is 37.9 Å². The third-order valence-corrected chi connectivity index (χ3v) is 6.16. The van der Waals surface area contributed by atoms with Crippen molar-refractivity contribution in [2.75, 3.05) is 33.4 Å². The summed E-state index contributed by atoms with van der Waals surface area (Å²) in [4.78, 5) is 13.5. The molecule has 8 heteroatoms. The van der Waals surface area contributed by atoms with Crippen LogP contribution < -0.4 is 10.5 Å². The van der Waals surface area contributed by atoms with Crippen molar-refractivity contribution in [2.24, 2.45) is 11.1 Å². The Morgan fingerprint density at radius 2 is 2.00 bits per heavy atom. The number of hydrogen-bond acceptors (Lipinski definition) is 8. The van der Waals surface area contributed by atoms with Gasteiger partial charge in [0.15, 0.2) is 17.3 Å². The number of methoxy groups -OCH3 is 1. The van der Waals surface area contributed by atoms with Gasteiger partial charge < -0.3 is 20.3 Å². The Morgan fingerprint density at radius 3 is 2.65 bits per heavy atom. The second-order valence-corrected chi connectivity index (χ2v) is 8.95. The minimum absolute atomic E-state index is 0.00207. The predicted molar refractivity (Wildman–Crippen MR) is 114 cm³/mol. The molecule has 31 heavy (non-hydrogen) atoms. The van der Waals surface area contributed by atoms with Crippen molar-refractivity contribution >= 4 is 5.78 Å². The van der Waals surface area contributed by atoms with Gasteiger partial charge in [-0.2, -0.15) is 5.26 Å². The molecular formula is C23H28N4O4. The lowest BCUT2D eigenvalue weighted by Crippen LogP contribution is -2.53. The summed E-state index contributed by atoms with van der Waals surface area (Å²) in [5.74, 6) is 0.0374. The molecule has 0 unspecified atom stereocenters. The van der Waals surface area contributed by atoms with E-state index >= 15 is 0 Å². The van der Waals surface area contributed by atoms with E-state index in [1.165, 1.54) is 13.2 Å². The molecular weight excluding hydrogens is 396 g/mol. The number of aromatic hydroxyl groups is 1. The number of carbonyl (C=O) groups excluding carboxylic acids is 1. The Balaban J connectivity index is 1.93. The summed E-state index contributed by atoms with van der Waals surface area (Å²) >= 11 is 0. The number of rotatable bonds is 3. The molecule has 0 bridgehead atoms. The van der Waals surface area contributed by atoms with Gasteiger partial charge in [0, 0.05) is 30.8 Å². The number of ether oxygens (including phenoxy) is 2. The number of ketones is 1. The van der Waals surface area contributed by atoms with Crippen LogP contribution >= 0.6 is 0 Å². The van der Waals surface area contributed by atoms with E-state index in [0.717, 1.165) is 5.70 Å². The molecule has 3 N–H and O–H groups in total. The first-order valence-corrected chi connectivity index (χ1v) is 10.4. The lowest BCUT2D eigenvalue weighted by atomic mass is 9.69. The molecule has 2 heterocycles. The maximum atomic E-state index is 13.5. The minimum Gasteiger partial charge on any atom is -0.504 e. The maximum Gasteiger partial charge on any atom is 0.162 e. The highest BCUT2D eigenvalue weighted by atomic mass is 16.5. The van der Waals surface area contributed by atoms with Crippen molar-refractivity contribution in [3.05, 3.63) is 46.4 Å². The number of Topliss-reactive ketones (excluding diaryl/α,β-unsaturated/α-hetero) is 1. The van der Waals surface area contributed by atoms with Crippen LogP contribution in [0.25, 0.3) is 0 Å². The molecule has 3 aliphatic rings. The van der Waals surface area contributed by atoms with E-state index < -0.39 is 5.92 Å². The SMILES string of the molecule is COc1cc([C@H]2C(C#N)=C(N)N(N3CCOCC3)C3=C2C(=O)CC(C)(C)C3)ccc1O. The molecule has 1 aromatic rings. The van der Waals surface area contributed by atoms with Gasteiger partial charge >= 0.3 is 0 Å². The number of hydrazine groups is 1. The molecule has 1 fully saturated rings. The quantitative estimate of drug-likeness (QED) is 0.761. The van der Waals surface area contributed by atoms with Crippen molar-refractivity contribution in [2.45, 2.75) is 32.6 Å². The summed E-state index contributed by atoms with van der Waals surface area (Å²) in [6.07, 6.45) is 1.06. The fraction of sp³-hybridized carbons (Fsp3) is 0.478. The molecule has 0 aromatic heterocycles. The number of nitriles is 1. The number of phenolic OH excluding ortho intramolecular Hbond substituents is 1. The Kier molecular flexibility index (Phi) is 5.42. The molecule has 2 aliphatic heterocycles. The van der Waals surface area contributed by atoms with E-state index in [0.29, 0.717) is 61.7 Å². The van der Waals surface area contributed by atoms with Crippen LogP contribution in [-0.4, -0.2) is 54.3 Å². The number of carbonyl (C=O) groups is 1. The standard InChI is InChI=1S/C23H28N4O4/c1-23(2)11-16-21(18(29)12-23)20(14-4-5-17(28)19(10-14)30-3)15(13-24)22(25)27(16)26-6-8-31-9-7-26/h4-5,10,20,28H,6-9,11-12,25H2,1-3H3/t20-/m0/s1. The fourth-order valence-electron chi connectivity index (χ4n) is 4.78. The number of nitrogens with two attached hydrogens (primary N) is 1. The van der Waals surface area contributed by atoms with Gasteiger partial charge in [0.25, 0.3) is 0 Å². The van der Waals surface area contributed by atoms with Crippen molar-refractivity contribution < 1.29 is 19.4 Å². The second-order valence-electron chi connectivity index (χ2n) is 8.95. The van der Waals surface area contributed by atoms with E-state index in [1.54, 1.807) is 12.1 Å². The van der Waals surface area contributed by atoms with Gasteiger partial charge in [-0.3, -0.25) is 9.80 Å². The predicted octanol–water partition coefficient (Wildman–Crippen LogP) is 2.38. The van der Waals surface area contributed by atoms with E-state index in [2.05, 4.69) is 24.9 Å². The molecule has 0 radical (unpaired) electrons. The average Bonchev–Trinajstić information content (AvgIpc) is 2.73. The number of benzene rings is 1. The van der Waals surface area contributed by atoms with Crippen LogP contribution in [0.2, 0.25) is 0 Å². The maximum absolute atomic E-state index is 13.5. The third kappa shape index (κ3) is 3.64. The molecule has 0 amide bonds. The number of allylic oxidation sites excluding steroid dienone is 3. The summed E-state index contributed by atoms with van der Waals surface area (Å²) in [7, 11) is 1.47. The van der Waals surface area contributed by atoms with Gasteiger partial charge in [-0.25, -0.2) is 5.01 Å². The highest BCUT2D eigenvalue weighted by molar-refractivity contribution is 6.00. The van der Waals surface area contributed by atoms with Gasteiger partial charge in [0.2, 0.25) is 0 Å². The molecule has 4 rings (SSSR count). The molecule has 1 saturated heterocycles. The van der Waals surface area contributed by atoms with Gasteiger partial charge in [0.1, 0.15) is 5.82 Å². The van der Waals surface area contributed by atoms with E-state index in [9.17, 15) is 15.2 Å². The molecule has 8 nitrogen and oxygen atoms in total. The number of hydrogen-bond donors (Lipinski definition) is 2. The molecule has 164 valence electrons. The van der Waals surface area contributed by atoms with Crippen LogP contribution in [0.3, 0.4) is 0 Å². The second kappa shape index (κ2) is 7.91. The Labute approximate surface area is 182 Å². The summed E-state index contributed by atoms with van der Waals surface area (Å²) in [6, 6.07) is 7.17. The summed E-state index contributed by atoms with van der Waals surface area (Å²) in [5.41, 5.74) is 8.85. The lowest BCUT2D eigenvalue weighted by molar-refractivity contribution is -0.119. The van der Waals surface area contributed by atoms with Crippen LogP contribution in [0.1, 0.15) is 38.2 Å². The minimum atomic E-state index is -0.601. The Bertz CT molecular complexity index is 1010. The summed E-state index contributed by atoms with van der Waals surface area (Å²) in [6.45, 7) is 6.52. The van der Waals surface area contributed by atoms with Crippen molar-refractivity contribution in [3.63, 3.8) is 0 Å². The normalized spacial score (nSPS) is 24.1. The molecule has 1 atom stereocenters. The van der Waals surface area contributed by atoms with E-state index in [-0.39, 0.29) is 22.7 Å². The highest BCUT2D eigenvalue weighted by Crippen LogP contribution is 2.50. The zero-order chi connectivity index (χ0) is 22.3. The Morgan fingerprint density at radius 1 is 1.29 bits per heavy atom. The van der Waals surface area contributed by atoms with Crippen LogP contribution in [0, 0.1) is 16.7 Å². The number of nitrogens with zero attached hydrogens (tertiary/aromatic N) is 3. The van der Waals surface area contributed by atoms with Crippen LogP contribution in [0.4, 0.5) is 0 Å². The van der Waals surface area contributed by atoms with Gasteiger partial charge in [-0.1, -0.05) is 19.9 Å². The third-order valence-electron chi connectivity index (χ3n) is 6.16.